The quantitative estimate of drug-likeness (QED) is 0.536. The molecular weight excluding hydrogens is 408 g/mol. The van der Waals surface area contributed by atoms with Gasteiger partial charge in [0.05, 0.1) is 13.2 Å². The van der Waals surface area contributed by atoms with Crippen LogP contribution >= 0.6 is 0 Å². The molecule has 6 nitrogen and oxygen atoms in total. The molecule has 3 aromatic carbocycles. The van der Waals surface area contributed by atoms with Gasteiger partial charge in [-0.1, -0.05) is 78.9 Å². The van der Waals surface area contributed by atoms with E-state index in [0.717, 1.165) is 11.1 Å². The van der Waals surface area contributed by atoms with Crippen LogP contribution in [-0.2, 0) is 27.4 Å². The van der Waals surface area contributed by atoms with Crippen molar-refractivity contribution in [2.24, 2.45) is 0 Å². The highest BCUT2D eigenvalue weighted by atomic mass is 16.7. The van der Waals surface area contributed by atoms with Crippen molar-refractivity contribution in [3.63, 3.8) is 0 Å². The number of aliphatic hydroxyl groups excluding tert-OH is 2. The third kappa shape index (κ3) is 5.94. The Morgan fingerprint density at radius 1 is 0.656 bits per heavy atom. The third-order valence-electron chi connectivity index (χ3n) is 5.36. The monoisotopic (exact) mass is 436 g/mol. The van der Waals surface area contributed by atoms with Crippen molar-refractivity contribution in [3.8, 4) is 5.75 Å². The molecule has 5 atom stereocenters. The van der Waals surface area contributed by atoms with Crippen molar-refractivity contribution in [1.29, 1.82) is 0 Å². The Morgan fingerprint density at radius 3 is 1.72 bits per heavy atom. The van der Waals surface area contributed by atoms with E-state index in [0.29, 0.717) is 5.75 Å². The molecule has 6 heteroatoms. The van der Waals surface area contributed by atoms with E-state index >= 15 is 0 Å². The molecule has 1 aliphatic rings. The molecule has 0 aromatic heterocycles. The van der Waals surface area contributed by atoms with E-state index in [9.17, 15) is 10.2 Å². The fraction of sp³-hybridized carbons (Fsp3) is 0.308. The van der Waals surface area contributed by atoms with Crippen LogP contribution in [0.25, 0.3) is 0 Å². The fourth-order valence-electron chi connectivity index (χ4n) is 3.64. The lowest BCUT2D eigenvalue weighted by molar-refractivity contribution is -0.306. The van der Waals surface area contributed by atoms with Gasteiger partial charge in [0.2, 0.25) is 0 Å². The molecule has 0 radical (unpaired) electrons. The first-order valence-corrected chi connectivity index (χ1v) is 10.7. The molecular formula is C26H28O6. The van der Waals surface area contributed by atoms with E-state index in [-0.39, 0.29) is 19.8 Å². The van der Waals surface area contributed by atoms with Crippen LogP contribution in [0, 0.1) is 0 Å². The summed E-state index contributed by atoms with van der Waals surface area (Å²) < 4.78 is 23.5. The summed E-state index contributed by atoms with van der Waals surface area (Å²) in [4.78, 5) is 0. The van der Waals surface area contributed by atoms with E-state index in [1.807, 2.05) is 91.0 Å². The summed E-state index contributed by atoms with van der Waals surface area (Å²) in [7, 11) is 0. The van der Waals surface area contributed by atoms with Crippen molar-refractivity contribution in [1.82, 2.24) is 0 Å². The molecule has 32 heavy (non-hydrogen) atoms. The molecule has 1 saturated heterocycles. The van der Waals surface area contributed by atoms with Gasteiger partial charge in [0.15, 0.2) is 6.29 Å². The van der Waals surface area contributed by atoms with Gasteiger partial charge in [-0.3, -0.25) is 0 Å². The molecule has 0 amide bonds. The van der Waals surface area contributed by atoms with E-state index in [2.05, 4.69) is 0 Å². The van der Waals surface area contributed by atoms with Gasteiger partial charge >= 0.3 is 0 Å². The zero-order valence-corrected chi connectivity index (χ0v) is 17.7. The SMILES string of the molecule is O[C@@H]1[C@H](OCc2ccccc2)[C@@H](OCc2ccccc2)[C@H](O)O[C@@H]1COc1ccccc1. The minimum absolute atomic E-state index is 0.0683. The number of ether oxygens (including phenoxy) is 4. The van der Waals surface area contributed by atoms with Crippen LogP contribution in [-0.4, -0.2) is 47.5 Å². The Balaban J connectivity index is 1.45. The predicted molar refractivity (Wildman–Crippen MR) is 119 cm³/mol. The molecule has 0 spiro atoms. The summed E-state index contributed by atoms with van der Waals surface area (Å²) in [6.45, 7) is 0.598. The van der Waals surface area contributed by atoms with E-state index in [1.165, 1.54) is 0 Å². The molecule has 0 saturated carbocycles. The first kappa shape index (κ1) is 22.5. The Kier molecular flexibility index (Phi) is 7.87. The van der Waals surface area contributed by atoms with Gasteiger partial charge in [-0.05, 0) is 23.3 Å². The summed E-state index contributed by atoms with van der Waals surface area (Å²) >= 11 is 0. The summed E-state index contributed by atoms with van der Waals surface area (Å²) in [6.07, 6.45) is -4.75. The van der Waals surface area contributed by atoms with Gasteiger partial charge in [0.25, 0.3) is 0 Å². The number of hydrogen-bond acceptors (Lipinski definition) is 6. The predicted octanol–water partition coefficient (Wildman–Crippen LogP) is 3.31. The highest BCUT2D eigenvalue weighted by Gasteiger charge is 2.46. The number of hydrogen-bond donors (Lipinski definition) is 2. The maximum absolute atomic E-state index is 11.0. The van der Waals surface area contributed by atoms with Gasteiger partial charge in [0, 0.05) is 0 Å². The first-order chi connectivity index (χ1) is 15.7. The van der Waals surface area contributed by atoms with Crippen LogP contribution in [0.4, 0.5) is 0 Å². The minimum atomic E-state index is -1.27. The van der Waals surface area contributed by atoms with Gasteiger partial charge in [-0.2, -0.15) is 0 Å². The molecule has 4 rings (SSSR count). The molecule has 0 unspecified atom stereocenters. The number of para-hydroxylation sites is 1. The Morgan fingerprint density at radius 2 is 1.16 bits per heavy atom. The van der Waals surface area contributed by atoms with E-state index in [4.69, 9.17) is 18.9 Å². The standard InChI is InChI=1S/C26H28O6/c27-23-22(18-29-21-14-8-3-9-15-21)32-26(28)25(31-17-20-12-6-2-7-13-20)24(23)30-16-19-10-4-1-5-11-19/h1-15,22-28H,16-18H2/t22-,23+,24+,25-,26-/m1/s1. The van der Waals surface area contributed by atoms with Crippen LogP contribution in [0.3, 0.4) is 0 Å². The lowest BCUT2D eigenvalue weighted by Gasteiger charge is -2.42. The van der Waals surface area contributed by atoms with E-state index < -0.39 is 30.7 Å². The maximum atomic E-state index is 11.0. The lowest BCUT2D eigenvalue weighted by Crippen LogP contribution is -2.60. The second-order valence-corrected chi connectivity index (χ2v) is 7.70. The highest BCUT2D eigenvalue weighted by molar-refractivity contribution is 5.21. The van der Waals surface area contributed by atoms with Gasteiger partial charge in [-0.15, -0.1) is 0 Å². The first-order valence-electron chi connectivity index (χ1n) is 10.7. The van der Waals surface area contributed by atoms with Crippen LogP contribution < -0.4 is 4.74 Å². The highest BCUT2D eigenvalue weighted by Crippen LogP contribution is 2.27. The Bertz CT molecular complexity index is 921. The number of benzene rings is 3. The summed E-state index contributed by atoms with van der Waals surface area (Å²) in [6, 6.07) is 28.6. The van der Waals surface area contributed by atoms with Crippen molar-refractivity contribution in [3.05, 3.63) is 102 Å². The smallest absolute Gasteiger partial charge is 0.184 e. The average Bonchev–Trinajstić information content (AvgIpc) is 2.84. The normalized spacial score (nSPS) is 25.4. The summed E-state index contributed by atoms with van der Waals surface area (Å²) in [5, 5.41) is 21.8. The largest absolute Gasteiger partial charge is 0.491 e. The average molecular weight is 437 g/mol. The number of aliphatic hydroxyl groups is 2. The molecule has 0 aliphatic carbocycles. The second kappa shape index (κ2) is 11.2. The second-order valence-electron chi connectivity index (χ2n) is 7.70. The molecule has 2 N–H and O–H groups in total. The topological polar surface area (TPSA) is 77.4 Å². The van der Waals surface area contributed by atoms with Crippen LogP contribution in [0.1, 0.15) is 11.1 Å². The van der Waals surface area contributed by atoms with Crippen molar-refractivity contribution >= 4 is 0 Å². The molecule has 168 valence electrons. The Labute approximate surface area is 188 Å². The molecule has 0 bridgehead atoms. The van der Waals surface area contributed by atoms with Crippen molar-refractivity contribution < 1.29 is 29.2 Å². The van der Waals surface area contributed by atoms with Crippen LogP contribution in [0.15, 0.2) is 91.0 Å². The van der Waals surface area contributed by atoms with Gasteiger partial charge in [0.1, 0.15) is 36.8 Å². The summed E-state index contributed by atoms with van der Waals surface area (Å²) in [5.41, 5.74) is 1.91. The zero-order chi connectivity index (χ0) is 22.2. The zero-order valence-electron chi connectivity index (χ0n) is 17.7. The molecule has 3 aromatic rings. The van der Waals surface area contributed by atoms with Crippen LogP contribution in [0.5, 0.6) is 5.75 Å². The van der Waals surface area contributed by atoms with Crippen molar-refractivity contribution in [2.75, 3.05) is 6.61 Å². The Hall–Kier alpha value is -2.74. The third-order valence-corrected chi connectivity index (χ3v) is 5.36. The number of rotatable bonds is 9. The fourth-order valence-corrected chi connectivity index (χ4v) is 3.64. The molecule has 1 aliphatic heterocycles. The van der Waals surface area contributed by atoms with Gasteiger partial charge < -0.3 is 29.2 Å². The minimum Gasteiger partial charge on any atom is -0.491 e. The lowest BCUT2D eigenvalue weighted by atomic mass is 9.98. The summed E-state index contributed by atoms with van der Waals surface area (Å²) in [5.74, 6) is 0.655. The van der Waals surface area contributed by atoms with Crippen molar-refractivity contribution in [2.45, 2.75) is 43.9 Å². The molecule has 1 heterocycles. The van der Waals surface area contributed by atoms with E-state index in [1.54, 1.807) is 0 Å². The maximum Gasteiger partial charge on any atom is 0.184 e. The molecule has 1 fully saturated rings. The van der Waals surface area contributed by atoms with Crippen LogP contribution in [0.2, 0.25) is 0 Å². The van der Waals surface area contributed by atoms with Gasteiger partial charge in [-0.25, -0.2) is 0 Å².